The molecule has 0 atom stereocenters. The topological polar surface area (TPSA) is 74.8 Å². The molecule has 4 amide bonds. The van der Waals surface area contributed by atoms with Gasteiger partial charge in [0.2, 0.25) is 0 Å². The smallest absolute Gasteiger partial charge is 0.261 e. The Morgan fingerprint density at radius 1 is 0.512 bits per heavy atom. The van der Waals surface area contributed by atoms with Crippen LogP contribution in [0.25, 0.3) is 43.1 Å². The molecule has 0 saturated carbocycles. The number of likely N-dealkylation sites (N-methyl/N-ethyl adjacent to an activating group) is 1. The zero-order chi connectivity index (χ0) is 28.8. The fraction of sp³-hybridized carbons (Fsp3) is 0.294. The molecule has 0 aromatic heterocycles. The molecule has 0 unspecified atom stereocenters. The highest BCUT2D eigenvalue weighted by Gasteiger charge is 2.37. The Balaban J connectivity index is 1.47. The van der Waals surface area contributed by atoms with Crippen LogP contribution in [0.15, 0.2) is 48.5 Å². The molecule has 5 aromatic rings. The molecule has 7 nitrogen and oxygen atoms in total. The van der Waals surface area contributed by atoms with Gasteiger partial charge in [-0.3, -0.25) is 29.0 Å². The summed E-state index contributed by atoms with van der Waals surface area (Å²) in [7, 11) is 2.15. The summed E-state index contributed by atoms with van der Waals surface area (Å²) in [6.45, 7) is 9.50. The second kappa shape index (κ2) is 8.82. The molecular formula is C34H32N3O4+. The largest absolute Gasteiger partial charge is 0.325 e. The van der Waals surface area contributed by atoms with Crippen LogP contribution in [-0.2, 0) is 0 Å². The Kier molecular flexibility index (Phi) is 5.51. The Morgan fingerprint density at radius 2 is 0.854 bits per heavy atom. The number of imide groups is 2. The zero-order valence-electron chi connectivity index (χ0n) is 23.8. The maximum atomic E-state index is 13.8. The summed E-state index contributed by atoms with van der Waals surface area (Å²) in [4.78, 5) is 57.1. The van der Waals surface area contributed by atoms with Crippen molar-refractivity contribution in [3.8, 4) is 0 Å². The van der Waals surface area contributed by atoms with Crippen LogP contribution in [0.3, 0.4) is 0 Å². The van der Waals surface area contributed by atoms with E-state index >= 15 is 0 Å². The molecule has 0 N–H and O–H groups in total. The minimum Gasteiger partial charge on any atom is -0.325 e. The van der Waals surface area contributed by atoms with Gasteiger partial charge in [-0.05, 0) is 76.9 Å². The lowest BCUT2D eigenvalue weighted by Gasteiger charge is -2.35. The lowest BCUT2D eigenvalue weighted by molar-refractivity contribution is -0.905. The molecule has 5 aromatic carbocycles. The van der Waals surface area contributed by atoms with E-state index in [9.17, 15) is 19.2 Å². The monoisotopic (exact) mass is 546 g/mol. The van der Waals surface area contributed by atoms with Crippen molar-refractivity contribution in [2.24, 2.45) is 0 Å². The van der Waals surface area contributed by atoms with Crippen LogP contribution >= 0.6 is 0 Å². The Hall–Kier alpha value is -4.36. The first-order chi connectivity index (χ1) is 19.7. The maximum absolute atomic E-state index is 13.8. The standard InChI is InChI=1S/C34H32N3O4/c1-5-16-35-31(38)23-12-8-19-21-10-14-25-30-26(34(41)36(33(25)40)17-18-37(4,6-2)7-3)15-11-22(28(21)30)20-9-13-24(32(35)39)29(23)27(19)20/h8-15H,5-7,16-18H2,1-4H3/q+1. The number of benzene rings is 5. The van der Waals surface area contributed by atoms with Gasteiger partial charge >= 0.3 is 0 Å². The van der Waals surface area contributed by atoms with E-state index < -0.39 is 0 Å². The van der Waals surface area contributed by atoms with Gasteiger partial charge in [-0.15, -0.1) is 0 Å². The normalized spacial score (nSPS) is 15.5. The molecule has 0 spiro atoms. The van der Waals surface area contributed by atoms with E-state index in [0.717, 1.165) is 49.9 Å². The second-order valence-corrected chi connectivity index (χ2v) is 11.6. The van der Waals surface area contributed by atoms with Crippen LogP contribution < -0.4 is 0 Å². The molecule has 2 heterocycles. The summed E-state index contributed by atoms with van der Waals surface area (Å²) < 4.78 is 0.781. The molecule has 41 heavy (non-hydrogen) atoms. The second-order valence-electron chi connectivity index (χ2n) is 11.6. The Labute approximate surface area is 237 Å². The number of carbonyl (C=O) groups is 4. The molecule has 0 radical (unpaired) electrons. The molecule has 206 valence electrons. The molecule has 2 aliphatic rings. The third kappa shape index (κ3) is 3.29. The van der Waals surface area contributed by atoms with E-state index in [2.05, 4.69) is 20.9 Å². The maximum Gasteiger partial charge on any atom is 0.261 e. The number of hydrogen-bond donors (Lipinski definition) is 0. The predicted octanol–water partition coefficient (Wildman–Crippen LogP) is 5.83. The number of rotatable bonds is 7. The van der Waals surface area contributed by atoms with Gasteiger partial charge < -0.3 is 4.48 Å². The Morgan fingerprint density at radius 3 is 1.17 bits per heavy atom. The molecule has 0 fully saturated rings. The number of amides is 4. The fourth-order valence-electron chi connectivity index (χ4n) is 6.88. The first-order valence-corrected chi connectivity index (χ1v) is 14.5. The molecule has 7 heteroatoms. The van der Waals surface area contributed by atoms with Crippen molar-refractivity contribution in [2.45, 2.75) is 27.2 Å². The van der Waals surface area contributed by atoms with Crippen molar-refractivity contribution in [3.05, 3.63) is 70.8 Å². The van der Waals surface area contributed by atoms with E-state index in [1.54, 1.807) is 0 Å². The average Bonchev–Trinajstić information content (AvgIpc) is 2.99. The number of nitrogens with zero attached hydrogens (tertiary/aromatic N) is 3. The van der Waals surface area contributed by atoms with Crippen molar-refractivity contribution in [3.63, 3.8) is 0 Å². The van der Waals surface area contributed by atoms with Gasteiger partial charge in [0.05, 0.1) is 33.2 Å². The SMILES string of the molecule is CCCN1C(=O)c2ccc3c4ccc5c6c(ccc(c7ccc(c2c37)C1=O)c64)C(=O)N(CC[N+](C)(CC)CC)C5=O. The lowest BCUT2D eigenvalue weighted by atomic mass is 9.82. The summed E-state index contributed by atoms with van der Waals surface area (Å²) in [6.07, 6.45) is 0.691. The number of carbonyl (C=O) groups excluding carboxylic acids is 4. The highest BCUT2D eigenvalue weighted by Crippen LogP contribution is 2.46. The summed E-state index contributed by atoms with van der Waals surface area (Å²) in [6, 6.07) is 15.1. The molecule has 0 aliphatic carbocycles. The van der Waals surface area contributed by atoms with E-state index in [1.807, 2.05) is 55.5 Å². The number of hydrogen-bond acceptors (Lipinski definition) is 4. The number of quaternary nitrogens is 1. The Bertz CT molecular complexity index is 1870. The van der Waals surface area contributed by atoms with Gasteiger partial charge in [-0.25, -0.2) is 0 Å². The summed E-state index contributed by atoms with van der Waals surface area (Å²) in [5.41, 5.74) is 2.15. The minimum atomic E-state index is -0.263. The van der Waals surface area contributed by atoms with Gasteiger partial charge in [0, 0.05) is 39.6 Å². The minimum absolute atomic E-state index is 0.256. The third-order valence-electron chi connectivity index (χ3n) is 9.64. The van der Waals surface area contributed by atoms with Crippen molar-refractivity contribution in [1.29, 1.82) is 0 Å². The van der Waals surface area contributed by atoms with Crippen LogP contribution in [0.1, 0.15) is 68.6 Å². The summed E-state index contributed by atoms with van der Waals surface area (Å²) in [5, 5.41) is 6.75. The molecular weight excluding hydrogens is 514 g/mol. The highest BCUT2D eigenvalue weighted by molar-refractivity contribution is 6.41. The van der Waals surface area contributed by atoms with Crippen LogP contribution in [-0.4, -0.2) is 77.7 Å². The van der Waals surface area contributed by atoms with Crippen LogP contribution in [0, 0.1) is 0 Å². The molecule has 7 rings (SSSR count). The lowest BCUT2D eigenvalue weighted by Crippen LogP contribution is -2.51. The highest BCUT2D eigenvalue weighted by atomic mass is 16.2. The van der Waals surface area contributed by atoms with Gasteiger partial charge in [0.1, 0.15) is 0 Å². The predicted molar refractivity (Wildman–Crippen MR) is 161 cm³/mol. The van der Waals surface area contributed by atoms with Crippen LogP contribution in [0.2, 0.25) is 0 Å². The van der Waals surface area contributed by atoms with Crippen molar-refractivity contribution >= 4 is 66.7 Å². The summed E-state index contributed by atoms with van der Waals surface area (Å²) in [5.74, 6) is -1.04. The zero-order valence-corrected chi connectivity index (χ0v) is 23.8. The van der Waals surface area contributed by atoms with Crippen molar-refractivity contribution in [1.82, 2.24) is 9.80 Å². The van der Waals surface area contributed by atoms with E-state index in [4.69, 9.17) is 0 Å². The van der Waals surface area contributed by atoms with Gasteiger partial charge in [0.25, 0.3) is 23.6 Å². The first-order valence-electron chi connectivity index (χ1n) is 14.5. The van der Waals surface area contributed by atoms with E-state index in [-0.39, 0.29) is 23.6 Å². The van der Waals surface area contributed by atoms with Gasteiger partial charge in [0.15, 0.2) is 0 Å². The van der Waals surface area contributed by atoms with Gasteiger partial charge in [-0.1, -0.05) is 31.2 Å². The van der Waals surface area contributed by atoms with Crippen molar-refractivity contribution < 1.29 is 23.7 Å². The molecule has 2 aliphatic heterocycles. The fourth-order valence-corrected chi connectivity index (χ4v) is 6.88. The van der Waals surface area contributed by atoms with Crippen LogP contribution in [0.5, 0.6) is 0 Å². The van der Waals surface area contributed by atoms with Crippen molar-refractivity contribution in [2.75, 3.05) is 39.8 Å². The van der Waals surface area contributed by atoms with E-state index in [0.29, 0.717) is 59.1 Å². The average molecular weight is 547 g/mol. The molecule has 0 bridgehead atoms. The van der Waals surface area contributed by atoms with E-state index in [1.165, 1.54) is 9.80 Å². The van der Waals surface area contributed by atoms with Crippen LogP contribution in [0.4, 0.5) is 0 Å². The molecule has 0 saturated heterocycles. The summed E-state index contributed by atoms with van der Waals surface area (Å²) >= 11 is 0. The quantitative estimate of drug-likeness (QED) is 0.112. The third-order valence-corrected chi connectivity index (χ3v) is 9.64. The number of fused-ring (bicyclic) bond motifs is 2. The first kappa shape index (κ1) is 25.6. The van der Waals surface area contributed by atoms with Gasteiger partial charge in [-0.2, -0.15) is 0 Å².